The highest BCUT2D eigenvalue weighted by Crippen LogP contribution is 2.27. The number of carbonyl (C=O) groups excluding carboxylic acids is 1. The third-order valence-electron chi connectivity index (χ3n) is 3.95. The molecule has 2 aromatic heterocycles. The van der Waals surface area contributed by atoms with Gasteiger partial charge in [-0.1, -0.05) is 40.6 Å². The smallest absolute Gasteiger partial charge is 0.257 e. The fourth-order valence-corrected chi connectivity index (χ4v) is 2.70. The molecule has 0 aliphatic carbocycles. The lowest BCUT2D eigenvalue weighted by atomic mass is 10.1. The molecule has 1 atom stereocenters. The van der Waals surface area contributed by atoms with Crippen molar-refractivity contribution in [2.75, 3.05) is 6.61 Å². The predicted molar refractivity (Wildman–Crippen MR) is 85.3 cm³/mol. The van der Waals surface area contributed by atoms with Crippen LogP contribution in [-0.2, 0) is 11.3 Å². The van der Waals surface area contributed by atoms with Gasteiger partial charge in [-0.05, 0) is 12.8 Å². The number of nitrogens with zero attached hydrogens (tertiary/aromatic N) is 3. The van der Waals surface area contributed by atoms with E-state index >= 15 is 0 Å². The molecule has 0 spiro atoms. The van der Waals surface area contributed by atoms with E-state index in [-0.39, 0.29) is 18.6 Å². The molecule has 8 nitrogen and oxygen atoms in total. The van der Waals surface area contributed by atoms with Crippen molar-refractivity contribution in [2.24, 2.45) is 0 Å². The van der Waals surface area contributed by atoms with E-state index in [1.165, 1.54) is 6.20 Å². The Balaban J connectivity index is 1.42. The standard InChI is InChI=1S/C17H16N4O4/c22-16(12-9-19-24-15(12)11-5-2-1-3-6-11)18-10-14-20-17(25-21-14)13-7-4-8-23-13/h1-3,5-6,9,13H,4,7-8,10H2,(H,18,22). The molecule has 1 aliphatic rings. The second-order valence-corrected chi connectivity index (χ2v) is 5.67. The summed E-state index contributed by atoms with van der Waals surface area (Å²) in [6.45, 7) is 0.851. The van der Waals surface area contributed by atoms with Gasteiger partial charge in [0.05, 0.1) is 12.7 Å². The maximum atomic E-state index is 12.4. The van der Waals surface area contributed by atoms with Crippen molar-refractivity contribution in [3.63, 3.8) is 0 Å². The molecule has 1 aromatic carbocycles. The fraction of sp³-hybridized carbons (Fsp3) is 0.294. The van der Waals surface area contributed by atoms with Crippen LogP contribution >= 0.6 is 0 Å². The van der Waals surface area contributed by atoms with Gasteiger partial charge in [0.25, 0.3) is 11.8 Å². The van der Waals surface area contributed by atoms with Crippen molar-refractivity contribution in [2.45, 2.75) is 25.5 Å². The topological polar surface area (TPSA) is 103 Å². The minimum absolute atomic E-state index is 0.139. The van der Waals surface area contributed by atoms with E-state index < -0.39 is 0 Å². The van der Waals surface area contributed by atoms with E-state index in [0.29, 0.717) is 29.6 Å². The van der Waals surface area contributed by atoms with E-state index in [1.807, 2.05) is 30.3 Å². The molecule has 0 saturated carbocycles. The molecular weight excluding hydrogens is 324 g/mol. The first-order valence-corrected chi connectivity index (χ1v) is 8.03. The summed E-state index contributed by atoms with van der Waals surface area (Å²) in [6, 6.07) is 9.33. The van der Waals surface area contributed by atoms with Crippen LogP contribution < -0.4 is 5.32 Å². The number of hydrogen-bond acceptors (Lipinski definition) is 7. The molecule has 1 saturated heterocycles. The highest BCUT2D eigenvalue weighted by atomic mass is 16.5. The third-order valence-corrected chi connectivity index (χ3v) is 3.95. The zero-order chi connectivity index (χ0) is 17.1. The number of amides is 1. The molecule has 1 unspecified atom stereocenters. The Morgan fingerprint density at radius 1 is 1.24 bits per heavy atom. The molecular formula is C17H16N4O4. The van der Waals surface area contributed by atoms with Crippen molar-refractivity contribution in [3.05, 3.63) is 53.8 Å². The summed E-state index contributed by atoms with van der Waals surface area (Å²) in [5, 5.41) is 10.4. The number of benzene rings is 1. The second kappa shape index (κ2) is 6.86. The van der Waals surface area contributed by atoms with Crippen LogP contribution in [0, 0.1) is 0 Å². The normalized spacial score (nSPS) is 16.9. The summed E-state index contributed by atoms with van der Waals surface area (Å²) in [6.07, 6.45) is 3.11. The zero-order valence-electron chi connectivity index (χ0n) is 13.3. The van der Waals surface area contributed by atoms with E-state index in [4.69, 9.17) is 13.8 Å². The van der Waals surface area contributed by atoms with Crippen LogP contribution in [0.5, 0.6) is 0 Å². The number of hydrogen-bond donors (Lipinski definition) is 1. The maximum absolute atomic E-state index is 12.4. The Hall–Kier alpha value is -3.00. The summed E-state index contributed by atoms with van der Waals surface area (Å²) < 4.78 is 15.9. The average molecular weight is 340 g/mol. The maximum Gasteiger partial charge on any atom is 0.257 e. The van der Waals surface area contributed by atoms with Gasteiger partial charge in [0, 0.05) is 12.2 Å². The monoisotopic (exact) mass is 340 g/mol. The van der Waals surface area contributed by atoms with Gasteiger partial charge in [0.2, 0.25) is 0 Å². The summed E-state index contributed by atoms with van der Waals surface area (Å²) >= 11 is 0. The van der Waals surface area contributed by atoms with Crippen LogP contribution in [0.25, 0.3) is 11.3 Å². The van der Waals surface area contributed by atoms with Crippen LogP contribution in [0.1, 0.15) is 41.0 Å². The van der Waals surface area contributed by atoms with E-state index in [9.17, 15) is 4.79 Å². The van der Waals surface area contributed by atoms with Crippen LogP contribution in [0.15, 0.2) is 45.6 Å². The van der Waals surface area contributed by atoms with Gasteiger partial charge in [-0.2, -0.15) is 4.98 Å². The summed E-state index contributed by atoms with van der Waals surface area (Å²) in [7, 11) is 0. The van der Waals surface area contributed by atoms with Crippen LogP contribution in [-0.4, -0.2) is 27.8 Å². The molecule has 1 amide bonds. The Morgan fingerprint density at radius 3 is 2.92 bits per heavy atom. The lowest BCUT2D eigenvalue weighted by Gasteiger charge is -2.02. The quantitative estimate of drug-likeness (QED) is 0.761. The van der Waals surface area contributed by atoms with Gasteiger partial charge >= 0.3 is 0 Å². The highest BCUT2D eigenvalue weighted by Gasteiger charge is 2.24. The Labute approximate surface area is 143 Å². The van der Waals surface area contributed by atoms with Gasteiger partial charge in [-0.15, -0.1) is 0 Å². The number of nitrogens with one attached hydrogen (secondary N) is 1. The molecule has 0 radical (unpaired) electrons. The van der Waals surface area contributed by atoms with Crippen molar-refractivity contribution in [1.29, 1.82) is 0 Å². The van der Waals surface area contributed by atoms with Crippen molar-refractivity contribution < 1.29 is 18.6 Å². The Kier molecular flexibility index (Phi) is 4.26. The van der Waals surface area contributed by atoms with Crippen LogP contribution in [0.4, 0.5) is 0 Å². The SMILES string of the molecule is O=C(NCc1noc(C2CCCO2)n1)c1cnoc1-c1ccccc1. The molecule has 0 bridgehead atoms. The van der Waals surface area contributed by atoms with E-state index in [1.54, 1.807) is 0 Å². The van der Waals surface area contributed by atoms with Gasteiger partial charge in [0.1, 0.15) is 11.7 Å². The molecule has 3 aromatic rings. The molecule has 25 heavy (non-hydrogen) atoms. The molecule has 1 N–H and O–H groups in total. The van der Waals surface area contributed by atoms with Gasteiger partial charge < -0.3 is 19.1 Å². The Morgan fingerprint density at radius 2 is 2.12 bits per heavy atom. The molecule has 1 aliphatic heterocycles. The lowest BCUT2D eigenvalue weighted by molar-refractivity contribution is 0.0835. The van der Waals surface area contributed by atoms with Crippen molar-refractivity contribution in [1.82, 2.24) is 20.6 Å². The molecule has 1 fully saturated rings. The fourth-order valence-electron chi connectivity index (χ4n) is 2.70. The average Bonchev–Trinajstić information content (AvgIpc) is 3.41. The first kappa shape index (κ1) is 15.5. The van der Waals surface area contributed by atoms with Crippen molar-refractivity contribution >= 4 is 5.91 Å². The Bertz CT molecular complexity index is 852. The number of carbonyl (C=O) groups is 1. The molecule has 4 rings (SSSR count). The number of ether oxygens (including phenoxy) is 1. The predicted octanol–water partition coefficient (Wildman–Crippen LogP) is 2.51. The largest absolute Gasteiger partial charge is 0.368 e. The molecule has 128 valence electrons. The minimum Gasteiger partial charge on any atom is -0.368 e. The third kappa shape index (κ3) is 3.29. The van der Waals surface area contributed by atoms with Crippen molar-refractivity contribution in [3.8, 4) is 11.3 Å². The molecule has 8 heteroatoms. The first-order valence-electron chi connectivity index (χ1n) is 8.03. The van der Waals surface area contributed by atoms with Crippen LogP contribution in [0.2, 0.25) is 0 Å². The summed E-state index contributed by atoms with van der Waals surface area (Å²) in [4.78, 5) is 16.7. The first-order chi connectivity index (χ1) is 12.3. The minimum atomic E-state index is -0.316. The summed E-state index contributed by atoms with van der Waals surface area (Å²) in [5.41, 5.74) is 1.14. The van der Waals surface area contributed by atoms with E-state index in [0.717, 1.165) is 18.4 Å². The van der Waals surface area contributed by atoms with Gasteiger partial charge in [-0.25, -0.2) is 0 Å². The summed E-state index contributed by atoms with van der Waals surface area (Å²) in [5.74, 6) is 0.961. The lowest BCUT2D eigenvalue weighted by Crippen LogP contribution is -2.23. The highest BCUT2D eigenvalue weighted by molar-refractivity contribution is 5.99. The van der Waals surface area contributed by atoms with Gasteiger partial charge in [0.15, 0.2) is 11.6 Å². The van der Waals surface area contributed by atoms with Crippen LogP contribution in [0.3, 0.4) is 0 Å². The molecule has 3 heterocycles. The van der Waals surface area contributed by atoms with Gasteiger partial charge in [-0.3, -0.25) is 4.79 Å². The zero-order valence-corrected chi connectivity index (χ0v) is 13.3. The van der Waals surface area contributed by atoms with E-state index in [2.05, 4.69) is 20.6 Å². The number of aromatic nitrogens is 3. The second-order valence-electron chi connectivity index (χ2n) is 5.67. The number of rotatable bonds is 5.